The van der Waals surface area contributed by atoms with Crippen molar-refractivity contribution in [2.75, 3.05) is 7.05 Å². The first-order chi connectivity index (χ1) is 9.98. The van der Waals surface area contributed by atoms with Crippen LogP contribution >= 0.6 is 0 Å². The van der Waals surface area contributed by atoms with E-state index in [2.05, 4.69) is 0 Å². The van der Waals surface area contributed by atoms with E-state index < -0.39 is 12.1 Å². The van der Waals surface area contributed by atoms with Gasteiger partial charge in [0.25, 0.3) is 0 Å². The first-order valence-electron chi connectivity index (χ1n) is 7.30. The number of aliphatic carboxylic acids is 1. The van der Waals surface area contributed by atoms with E-state index in [1.807, 2.05) is 25.8 Å². The van der Waals surface area contributed by atoms with Crippen molar-refractivity contribution in [3.05, 3.63) is 0 Å². The van der Waals surface area contributed by atoms with E-state index in [1.54, 1.807) is 0 Å². The van der Waals surface area contributed by atoms with Crippen LogP contribution in [0.2, 0.25) is 0 Å². The fourth-order valence-corrected chi connectivity index (χ4v) is 2.17. The molecule has 0 heterocycles. The molecule has 0 aliphatic heterocycles. The molecule has 8 heteroatoms. The van der Waals surface area contributed by atoms with E-state index in [4.69, 9.17) is 15.6 Å². The maximum absolute atomic E-state index is 12.0. The topological polar surface area (TPSA) is 83.6 Å². The van der Waals surface area contributed by atoms with Crippen molar-refractivity contribution in [3.8, 4) is 0 Å². The van der Waals surface area contributed by atoms with Crippen molar-refractivity contribution in [1.29, 1.82) is 0 Å². The molecular weight excluding hydrogens is 301 g/mol. The van der Waals surface area contributed by atoms with Gasteiger partial charge >= 0.3 is 12.1 Å². The first-order valence-corrected chi connectivity index (χ1v) is 7.30. The van der Waals surface area contributed by atoms with Crippen LogP contribution in [0.15, 0.2) is 0 Å². The van der Waals surface area contributed by atoms with E-state index in [9.17, 15) is 18.0 Å². The number of nitrogens with two attached hydrogens (primary N) is 1. The average Bonchev–Trinajstić information content (AvgIpc) is 2.45. The number of hydrogen-bond donors (Lipinski definition) is 2. The van der Waals surface area contributed by atoms with Gasteiger partial charge in [0, 0.05) is 13.1 Å². The molecule has 22 heavy (non-hydrogen) atoms. The zero-order chi connectivity index (χ0) is 17.5. The number of carbonyl (C=O) groups excluding carboxylic acids is 1. The third kappa shape index (κ3) is 7.11. The molecule has 0 radical (unpaired) electrons. The molecule has 130 valence electrons. The van der Waals surface area contributed by atoms with Gasteiger partial charge in [0.05, 0.1) is 6.04 Å². The summed E-state index contributed by atoms with van der Waals surface area (Å²) in [6.07, 6.45) is 1.02. The van der Waals surface area contributed by atoms with Crippen LogP contribution < -0.4 is 5.73 Å². The van der Waals surface area contributed by atoms with E-state index in [0.717, 1.165) is 12.8 Å². The molecule has 5 nitrogen and oxygen atoms in total. The molecule has 1 aliphatic carbocycles. The second-order valence-electron chi connectivity index (χ2n) is 5.81. The molecule has 1 atom stereocenters. The number of nitrogens with zero attached hydrogens (tertiary/aromatic N) is 1. The molecule has 1 saturated carbocycles. The lowest BCUT2D eigenvalue weighted by molar-refractivity contribution is -0.192. The van der Waals surface area contributed by atoms with Gasteiger partial charge in [-0.3, -0.25) is 4.79 Å². The third-order valence-electron chi connectivity index (χ3n) is 3.72. The van der Waals surface area contributed by atoms with Gasteiger partial charge in [-0.1, -0.05) is 33.1 Å². The van der Waals surface area contributed by atoms with Gasteiger partial charge in [0.2, 0.25) is 5.91 Å². The van der Waals surface area contributed by atoms with Crippen molar-refractivity contribution in [2.45, 2.75) is 64.2 Å². The number of amides is 1. The second kappa shape index (κ2) is 8.97. The van der Waals surface area contributed by atoms with Gasteiger partial charge in [-0.15, -0.1) is 0 Å². The Labute approximate surface area is 128 Å². The predicted molar refractivity (Wildman–Crippen MR) is 76.1 cm³/mol. The maximum atomic E-state index is 12.0. The van der Waals surface area contributed by atoms with Crippen LogP contribution in [-0.4, -0.2) is 47.2 Å². The van der Waals surface area contributed by atoms with Crippen LogP contribution in [0.3, 0.4) is 0 Å². The molecule has 0 spiro atoms. The Hall–Kier alpha value is -1.31. The minimum Gasteiger partial charge on any atom is -0.475 e. The molecule has 3 N–H and O–H groups in total. The molecule has 1 amide bonds. The molecule has 0 bridgehead atoms. The highest BCUT2D eigenvalue weighted by Crippen LogP contribution is 2.22. The molecule has 1 rings (SSSR count). The molecular formula is C14H25F3N2O3. The average molecular weight is 326 g/mol. The summed E-state index contributed by atoms with van der Waals surface area (Å²) in [5.41, 5.74) is 5.88. The van der Waals surface area contributed by atoms with Crippen molar-refractivity contribution >= 4 is 11.9 Å². The normalized spacial score (nSPS) is 17.5. The number of rotatable bonds is 3. The SMILES string of the molecule is CC(C)C(N)C(=O)N(C)C1CCCCC1.O=C(O)C(F)(F)F. The number of carbonyl (C=O) groups is 2. The lowest BCUT2D eigenvalue weighted by atomic mass is 9.93. The van der Waals surface area contributed by atoms with Crippen LogP contribution in [0.25, 0.3) is 0 Å². The molecule has 0 aromatic heterocycles. The molecule has 1 aliphatic rings. The van der Waals surface area contributed by atoms with Gasteiger partial charge < -0.3 is 15.7 Å². The van der Waals surface area contributed by atoms with E-state index in [-0.39, 0.29) is 17.9 Å². The summed E-state index contributed by atoms with van der Waals surface area (Å²) in [7, 11) is 1.90. The minimum atomic E-state index is -5.08. The summed E-state index contributed by atoms with van der Waals surface area (Å²) in [5.74, 6) is -2.42. The monoisotopic (exact) mass is 326 g/mol. The quantitative estimate of drug-likeness (QED) is 0.834. The third-order valence-corrected chi connectivity index (χ3v) is 3.72. The second-order valence-corrected chi connectivity index (χ2v) is 5.81. The van der Waals surface area contributed by atoms with Crippen molar-refractivity contribution in [1.82, 2.24) is 4.90 Å². The van der Waals surface area contributed by atoms with Crippen LogP contribution in [0.1, 0.15) is 46.0 Å². The number of carboxylic acids is 1. The van der Waals surface area contributed by atoms with E-state index in [0.29, 0.717) is 6.04 Å². The summed E-state index contributed by atoms with van der Waals surface area (Å²) in [4.78, 5) is 22.8. The smallest absolute Gasteiger partial charge is 0.475 e. The Bertz CT molecular complexity index is 367. The van der Waals surface area contributed by atoms with Gasteiger partial charge in [0.1, 0.15) is 0 Å². The lowest BCUT2D eigenvalue weighted by Crippen LogP contribution is -2.49. The summed E-state index contributed by atoms with van der Waals surface area (Å²) in [6, 6.07) is 0.0907. The Balaban J connectivity index is 0.000000534. The minimum absolute atomic E-state index is 0.108. The Kier molecular flexibility index (Phi) is 8.44. The maximum Gasteiger partial charge on any atom is 0.490 e. The summed E-state index contributed by atoms with van der Waals surface area (Å²) in [6.45, 7) is 3.99. The number of hydrogen-bond acceptors (Lipinski definition) is 3. The van der Waals surface area contributed by atoms with Crippen molar-refractivity contribution in [2.24, 2.45) is 11.7 Å². The summed E-state index contributed by atoms with van der Waals surface area (Å²) in [5, 5.41) is 7.12. The van der Waals surface area contributed by atoms with E-state index >= 15 is 0 Å². The summed E-state index contributed by atoms with van der Waals surface area (Å²) < 4.78 is 31.7. The highest BCUT2D eigenvalue weighted by molar-refractivity contribution is 5.82. The van der Waals surface area contributed by atoms with Crippen LogP contribution in [0.4, 0.5) is 13.2 Å². The van der Waals surface area contributed by atoms with Gasteiger partial charge in [0.15, 0.2) is 0 Å². The standard InChI is InChI=1S/C12H24N2O.C2HF3O2/c1-9(2)11(13)12(15)14(3)10-7-5-4-6-8-10;3-2(4,5)1(6)7/h9-11H,4-8,13H2,1-3H3;(H,6,7). The number of alkyl halides is 3. The highest BCUT2D eigenvalue weighted by Gasteiger charge is 2.38. The number of halogens is 3. The summed E-state index contributed by atoms with van der Waals surface area (Å²) >= 11 is 0. The molecule has 1 fully saturated rings. The molecule has 0 aromatic carbocycles. The fourth-order valence-electron chi connectivity index (χ4n) is 2.17. The zero-order valence-electron chi connectivity index (χ0n) is 13.2. The van der Waals surface area contributed by atoms with Gasteiger partial charge in [-0.25, -0.2) is 4.79 Å². The molecule has 0 aromatic rings. The first kappa shape index (κ1) is 20.7. The Morgan fingerprint density at radius 3 is 1.91 bits per heavy atom. The van der Waals surface area contributed by atoms with Crippen molar-refractivity contribution < 1.29 is 27.9 Å². The van der Waals surface area contributed by atoms with E-state index in [1.165, 1.54) is 19.3 Å². The van der Waals surface area contributed by atoms with Crippen LogP contribution in [-0.2, 0) is 9.59 Å². The highest BCUT2D eigenvalue weighted by atomic mass is 19.4. The predicted octanol–water partition coefficient (Wildman–Crippen LogP) is 2.39. The van der Waals surface area contributed by atoms with Gasteiger partial charge in [-0.2, -0.15) is 13.2 Å². The fraction of sp³-hybridized carbons (Fsp3) is 0.857. The molecule has 0 saturated heterocycles. The van der Waals surface area contributed by atoms with Crippen LogP contribution in [0, 0.1) is 5.92 Å². The molecule has 1 unspecified atom stereocenters. The van der Waals surface area contributed by atoms with Crippen LogP contribution in [0.5, 0.6) is 0 Å². The zero-order valence-corrected chi connectivity index (χ0v) is 13.2. The Morgan fingerprint density at radius 2 is 1.59 bits per heavy atom. The van der Waals surface area contributed by atoms with Gasteiger partial charge in [-0.05, 0) is 18.8 Å². The lowest BCUT2D eigenvalue weighted by Gasteiger charge is -2.33. The Morgan fingerprint density at radius 1 is 1.18 bits per heavy atom. The number of likely N-dealkylation sites (N-methyl/N-ethyl adjacent to an activating group) is 1. The van der Waals surface area contributed by atoms with Crippen molar-refractivity contribution in [3.63, 3.8) is 0 Å². The number of carboxylic acid groups (broad SMARTS) is 1. The largest absolute Gasteiger partial charge is 0.490 e.